The van der Waals surface area contributed by atoms with Crippen molar-refractivity contribution in [3.05, 3.63) is 112 Å². The van der Waals surface area contributed by atoms with Gasteiger partial charge in [-0.3, -0.25) is 0 Å². The summed E-state index contributed by atoms with van der Waals surface area (Å²) in [5.74, 6) is 0. The SMILES string of the molecule is Cc1cc2c3c(c1)N(c1ccccc1C)c1c(sc4c1C(C)(C)CCC4(C)C)B3c1cc(C(C)(C)C)ccc1N2c1ccccc1C. The first-order valence-corrected chi connectivity index (χ1v) is 18.2. The predicted octanol–water partition coefficient (Wildman–Crippen LogP) is 10.4. The molecule has 2 aliphatic heterocycles. The molecule has 8 rings (SSSR count). The Bertz CT molecular complexity index is 2090. The Balaban J connectivity index is 1.56. The van der Waals surface area contributed by atoms with E-state index in [1.165, 1.54) is 84.9 Å². The Kier molecular flexibility index (Phi) is 6.59. The summed E-state index contributed by atoms with van der Waals surface area (Å²) in [4.78, 5) is 6.83. The molecule has 0 unspecified atom stereocenters. The normalized spacial score (nSPS) is 17.2. The van der Waals surface area contributed by atoms with Crippen LogP contribution in [0, 0.1) is 20.8 Å². The smallest absolute Gasteiger partial charge is 0.264 e. The second-order valence-electron chi connectivity index (χ2n) is 16.7. The van der Waals surface area contributed by atoms with Crippen LogP contribution in [0.3, 0.4) is 0 Å². The average Bonchev–Trinajstić information content (AvgIpc) is 3.43. The van der Waals surface area contributed by atoms with Gasteiger partial charge in [0.25, 0.3) is 6.71 Å². The zero-order valence-corrected chi connectivity index (χ0v) is 30.6. The van der Waals surface area contributed by atoms with Gasteiger partial charge < -0.3 is 9.80 Å². The van der Waals surface area contributed by atoms with E-state index in [-0.39, 0.29) is 23.0 Å². The first-order chi connectivity index (χ1) is 22.2. The van der Waals surface area contributed by atoms with Gasteiger partial charge in [0, 0.05) is 38.1 Å². The highest BCUT2D eigenvalue weighted by Crippen LogP contribution is 2.56. The van der Waals surface area contributed by atoms with E-state index in [9.17, 15) is 0 Å². The maximum Gasteiger partial charge on any atom is 0.264 e. The minimum atomic E-state index is 0.0439. The topological polar surface area (TPSA) is 6.48 Å². The molecule has 1 aliphatic carbocycles. The van der Waals surface area contributed by atoms with Crippen molar-refractivity contribution in [3.63, 3.8) is 0 Å². The number of hydrogen-bond acceptors (Lipinski definition) is 3. The molecule has 3 heterocycles. The monoisotopic (exact) mass is 634 g/mol. The van der Waals surface area contributed by atoms with Gasteiger partial charge in [0.2, 0.25) is 0 Å². The number of rotatable bonds is 2. The second-order valence-corrected chi connectivity index (χ2v) is 17.8. The number of hydrogen-bond donors (Lipinski definition) is 0. The van der Waals surface area contributed by atoms with E-state index in [0.717, 1.165) is 0 Å². The molecule has 47 heavy (non-hydrogen) atoms. The summed E-state index contributed by atoms with van der Waals surface area (Å²) in [6.45, 7) is 24.0. The lowest BCUT2D eigenvalue weighted by Crippen LogP contribution is -2.61. The van der Waals surface area contributed by atoms with Crippen molar-refractivity contribution < 1.29 is 0 Å². The fourth-order valence-electron chi connectivity index (χ4n) is 8.52. The van der Waals surface area contributed by atoms with E-state index in [1.54, 1.807) is 10.4 Å². The molecule has 238 valence electrons. The van der Waals surface area contributed by atoms with Crippen LogP contribution < -0.4 is 25.5 Å². The van der Waals surface area contributed by atoms with Gasteiger partial charge in [-0.15, -0.1) is 0 Å². The van der Waals surface area contributed by atoms with Gasteiger partial charge in [0.05, 0.1) is 5.69 Å². The molecular formula is C43H47BN2S. The van der Waals surface area contributed by atoms with Crippen molar-refractivity contribution in [2.24, 2.45) is 0 Å². The largest absolute Gasteiger partial charge is 0.311 e. The van der Waals surface area contributed by atoms with Gasteiger partial charge in [-0.1, -0.05) is 97.0 Å². The Morgan fingerprint density at radius 2 is 1.23 bits per heavy atom. The molecule has 0 saturated heterocycles. The van der Waals surface area contributed by atoms with Crippen molar-refractivity contribution in [2.45, 2.75) is 98.3 Å². The van der Waals surface area contributed by atoms with Crippen molar-refractivity contribution in [1.29, 1.82) is 0 Å². The van der Waals surface area contributed by atoms with E-state index >= 15 is 0 Å². The zero-order chi connectivity index (χ0) is 33.2. The second kappa shape index (κ2) is 10.1. The molecule has 4 aromatic carbocycles. The molecule has 0 amide bonds. The molecule has 3 aliphatic rings. The standard InChI is InChI=1S/C43H47BN2S/c1-26-23-34-37-35(24-26)46(32-18-14-12-16-28(32)3)38-36-39(43(9,10)22-21-42(36,7)8)47-40(38)44(37)30-25-29(41(4,5)6)19-20-33(30)45(34)31-17-13-11-15-27(31)2/h11-20,23-25H,21-22H2,1-10H3. The van der Waals surface area contributed by atoms with Crippen LogP contribution in [0.5, 0.6) is 0 Å². The van der Waals surface area contributed by atoms with Crippen LogP contribution in [0.15, 0.2) is 78.9 Å². The summed E-state index contributed by atoms with van der Waals surface area (Å²) in [6, 6.07) is 30.2. The Morgan fingerprint density at radius 1 is 0.660 bits per heavy atom. The van der Waals surface area contributed by atoms with E-state index in [1.807, 2.05) is 0 Å². The van der Waals surface area contributed by atoms with Crippen LogP contribution in [0.1, 0.15) is 94.0 Å². The molecule has 0 fully saturated rings. The zero-order valence-electron chi connectivity index (χ0n) is 29.8. The molecule has 4 heteroatoms. The Labute approximate surface area is 286 Å². The summed E-state index contributed by atoms with van der Waals surface area (Å²) in [6.07, 6.45) is 2.41. The first-order valence-electron chi connectivity index (χ1n) is 17.4. The lowest BCUT2D eigenvalue weighted by Gasteiger charge is -2.46. The van der Waals surface area contributed by atoms with Crippen molar-refractivity contribution >= 4 is 67.9 Å². The summed E-state index contributed by atoms with van der Waals surface area (Å²) >= 11 is 2.11. The van der Waals surface area contributed by atoms with Crippen LogP contribution in [0.25, 0.3) is 0 Å². The number of benzene rings is 4. The van der Waals surface area contributed by atoms with E-state index in [4.69, 9.17) is 0 Å². The van der Waals surface area contributed by atoms with Crippen LogP contribution in [0.4, 0.5) is 34.1 Å². The molecule has 5 aromatic rings. The third kappa shape index (κ3) is 4.43. The van der Waals surface area contributed by atoms with Crippen LogP contribution in [0.2, 0.25) is 0 Å². The van der Waals surface area contributed by atoms with Crippen LogP contribution in [-0.4, -0.2) is 6.71 Å². The highest BCUT2D eigenvalue weighted by Gasteiger charge is 2.51. The highest BCUT2D eigenvalue weighted by atomic mass is 32.1. The van der Waals surface area contributed by atoms with E-state index in [2.05, 4.69) is 169 Å². The third-order valence-corrected chi connectivity index (χ3v) is 12.9. The summed E-state index contributed by atoms with van der Waals surface area (Å²) in [5, 5.41) is 0. The molecule has 0 spiro atoms. The van der Waals surface area contributed by atoms with Crippen molar-refractivity contribution in [2.75, 3.05) is 9.80 Å². The predicted molar refractivity (Wildman–Crippen MR) is 207 cm³/mol. The number of para-hydroxylation sites is 2. The summed E-state index contributed by atoms with van der Waals surface area (Å²) < 4.78 is 1.51. The number of thiophene rings is 1. The van der Waals surface area contributed by atoms with E-state index in [0.29, 0.717) is 0 Å². The number of aryl methyl sites for hydroxylation is 3. The molecular weight excluding hydrogens is 587 g/mol. The minimum Gasteiger partial charge on any atom is -0.311 e. The molecule has 0 bridgehead atoms. The van der Waals surface area contributed by atoms with Crippen LogP contribution >= 0.6 is 11.3 Å². The number of anilines is 6. The molecule has 0 saturated carbocycles. The molecule has 2 nitrogen and oxygen atoms in total. The van der Waals surface area contributed by atoms with Crippen LogP contribution in [-0.2, 0) is 16.2 Å². The molecule has 0 N–H and O–H groups in total. The maximum atomic E-state index is 2.68. The van der Waals surface area contributed by atoms with Gasteiger partial charge >= 0.3 is 0 Å². The number of nitrogens with zero attached hydrogens (tertiary/aromatic N) is 2. The van der Waals surface area contributed by atoms with Gasteiger partial charge in [0.15, 0.2) is 0 Å². The molecule has 0 radical (unpaired) electrons. The Hall–Kier alpha value is -3.76. The summed E-state index contributed by atoms with van der Waals surface area (Å²) in [5.41, 5.74) is 17.9. The van der Waals surface area contributed by atoms with Crippen molar-refractivity contribution in [3.8, 4) is 0 Å². The first kappa shape index (κ1) is 30.6. The van der Waals surface area contributed by atoms with Gasteiger partial charge in [-0.05, 0) is 119 Å². The van der Waals surface area contributed by atoms with Gasteiger partial charge in [-0.25, -0.2) is 0 Å². The fraction of sp³-hybridized carbons (Fsp3) is 0.349. The molecule has 0 atom stereocenters. The lowest BCUT2D eigenvalue weighted by atomic mass is 9.35. The minimum absolute atomic E-state index is 0.0439. The Morgan fingerprint density at radius 3 is 1.85 bits per heavy atom. The highest BCUT2D eigenvalue weighted by molar-refractivity contribution is 7.29. The third-order valence-electron chi connectivity index (χ3n) is 11.3. The average molecular weight is 635 g/mol. The van der Waals surface area contributed by atoms with Crippen molar-refractivity contribution in [1.82, 2.24) is 0 Å². The maximum absolute atomic E-state index is 2.68. The number of fused-ring (bicyclic) bond motifs is 6. The lowest BCUT2D eigenvalue weighted by molar-refractivity contribution is 0.339. The quantitative estimate of drug-likeness (QED) is 0.175. The molecule has 1 aromatic heterocycles. The summed E-state index contributed by atoms with van der Waals surface area (Å²) in [7, 11) is 0. The fourth-order valence-corrected chi connectivity index (χ4v) is 10.2. The van der Waals surface area contributed by atoms with Gasteiger partial charge in [0.1, 0.15) is 0 Å². The van der Waals surface area contributed by atoms with Gasteiger partial charge in [-0.2, -0.15) is 11.3 Å². The van der Waals surface area contributed by atoms with E-state index < -0.39 is 0 Å².